The minimum Gasteiger partial charge on any atom is -0.371 e. The summed E-state index contributed by atoms with van der Waals surface area (Å²) in [6, 6.07) is 6.08. The van der Waals surface area contributed by atoms with Crippen molar-refractivity contribution in [2.75, 3.05) is 6.61 Å². The Kier molecular flexibility index (Phi) is 6.73. The molecule has 1 unspecified atom stereocenters. The fraction of sp³-hybridized carbons (Fsp3) is 0.333. The molecule has 0 radical (unpaired) electrons. The minimum absolute atomic E-state index is 0.0346. The molecule has 0 aliphatic rings. The van der Waals surface area contributed by atoms with Crippen LogP contribution in [0.5, 0.6) is 0 Å². The first-order valence-electron chi connectivity index (χ1n) is 9.68. The molecular formula is C21H22ClFN6O2. The van der Waals surface area contributed by atoms with Crippen LogP contribution in [-0.4, -0.2) is 31.8 Å². The summed E-state index contributed by atoms with van der Waals surface area (Å²) in [5, 5.41) is 13.5. The van der Waals surface area contributed by atoms with Gasteiger partial charge in [0.2, 0.25) is 0 Å². The fourth-order valence-electron chi connectivity index (χ4n) is 3.31. The number of amides is 1. The van der Waals surface area contributed by atoms with Gasteiger partial charge in [0.25, 0.3) is 5.91 Å². The topological polar surface area (TPSA) is 112 Å². The maximum Gasteiger partial charge on any atom is 0.268 e. The number of ether oxygens (including phenoxy) is 1. The van der Waals surface area contributed by atoms with Crippen LogP contribution in [0.1, 0.15) is 54.8 Å². The Morgan fingerprint density at radius 1 is 1.42 bits per heavy atom. The summed E-state index contributed by atoms with van der Waals surface area (Å²) in [6.07, 6.45) is 3.04. The molecule has 8 nitrogen and oxygen atoms in total. The summed E-state index contributed by atoms with van der Waals surface area (Å²) in [4.78, 5) is 15.9. The van der Waals surface area contributed by atoms with Crippen molar-refractivity contribution in [3.8, 4) is 17.3 Å². The van der Waals surface area contributed by atoms with E-state index in [0.29, 0.717) is 30.2 Å². The number of nitrogens with zero attached hydrogens (tertiary/aromatic N) is 5. The Bertz CT molecular complexity index is 1130. The molecule has 0 saturated carbocycles. The second kappa shape index (κ2) is 9.29. The number of carbonyl (C=O) groups excluding carboxylic acids is 1. The largest absolute Gasteiger partial charge is 0.371 e. The number of carbonyl (C=O) groups is 1. The lowest BCUT2D eigenvalue weighted by Crippen LogP contribution is -2.17. The van der Waals surface area contributed by atoms with Crippen LogP contribution in [-0.2, 0) is 11.3 Å². The zero-order valence-corrected chi connectivity index (χ0v) is 18.1. The van der Waals surface area contributed by atoms with Crippen molar-refractivity contribution in [1.29, 1.82) is 5.26 Å². The standard InChI is InChI=1S/C21H22ClFN6O2/c1-4-31-13(3)21-26-19(20(25)30)11-29(21)12(2)10-28-6-5-18(27-28)14-7-16(22)15(9-24)17(23)8-14/h5-8,11-13H,4,10H2,1-3H3,(H2,25,30)/t12-,13?/m0/s1. The fourth-order valence-corrected chi connectivity index (χ4v) is 3.56. The van der Waals surface area contributed by atoms with Crippen LogP contribution < -0.4 is 5.73 Å². The van der Waals surface area contributed by atoms with Gasteiger partial charge in [-0.25, -0.2) is 9.37 Å². The van der Waals surface area contributed by atoms with Crippen LogP contribution in [0.2, 0.25) is 5.02 Å². The molecule has 1 amide bonds. The first-order valence-corrected chi connectivity index (χ1v) is 10.1. The number of primary amides is 1. The van der Waals surface area contributed by atoms with E-state index in [0.717, 1.165) is 0 Å². The van der Waals surface area contributed by atoms with Crippen LogP contribution in [0, 0.1) is 17.1 Å². The summed E-state index contributed by atoms with van der Waals surface area (Å²) < 4.78 is 23.3. The van der Waals surface area contributed by atoms with Gasteiger partial charge in [0, 0.05) is 24.6 Å². The van der Waals surface area contributed by atoms with Crippen LogP contribution in [0.3, 0.4) is 0 Å². The molecule has 0 aliphatic carbocycles. The summed E-state index contributed by atoms with van der Waals surface area (Å²) >= 11 is 6.00. The smallest absolute Gasteiger partial charge is 0.268 e. The average molecular weight is 445 g/mol. The lowest BCUT2D eigenvalue weighted by molar-refractivity contribution is 0.0660. The summed E-state index contributed by atoms with van der Waals surface area (Å²) in [7, 11) is 0. The van der Waals surface area contributed by atoms with Crippen molar-refractivity contribution in [3.63, 3.8) is 0 Å². The molecule has 10 heteroatoms. The average Bonchev–Trinajstić information content (AvgIpc) is 3.35. The van der Waals surface area contributed by atoms with Gasteiger partial charge in [-0.2, -0.15) is 10.4 Å². The molecular weight excluding hydrogens is 423 g/mol. The van der Waals surface area contributed by atoms with Gasteiger partial charge >= 0.3 is 0 Å². The molecule has 2 heterocycles. The highest BCUT2D eigenvalue weighted by atomic mass is 35.5. The van der Waals surface area contributed by atoms with Crippen molar-refractivity contribution in [3.05, 3.63) is 58.5 Å². The molecule has 3 aromatic rings. The molecule has 162 valence electrons. The molecule has 0 bridgehead atoms. The maximum atomic E-state index is 14.1. The van der Waals surface area contributed by atoms with Crippen LogP contribution >= 0.6 is 11.6 Å². The summed E-state index contributed by atoms with van der Waals surface area (Å²) in [6.45, 7) is 6.64. The molecule has 31 heavy (non-hydrogen) atoms. The molecule has 1 aromatic carbocycles. The lowest BCUT2D eigenvalue weighted by Gasteiger charge is -2.19. The van der Waals surface area contributed by atoms with E-state index in [4.69, 9.17) is 27.3 Å². The molecule has 0 aliphatic heterocycles. The first kappa shape index (κ1) is 22.5. The van der Waals surface area contributed by atoms with Gasteiger partial charge in [-0.05, 0) is 39.0 Å². The van der Waals surface area contributed by atoms with Crippen molar-refractivity contribution >= 4 is 17.5 Å². The van der Waals surface area contributed by atoms with Gasteiger partial charge < -0.3 is 15.0 Å². The Hall–Kier alpha value is -3.22. The third-order valence-corrected chi connectivity index (χ3v) is 5.11. The normalized spacial score (nSPS) is 13.0. The number of rotatable bonds is 8. The molecule has 0 spiro atoms. The van der Waals surface area contributed by atoms with Gasteiger partial charge in [-0.15, -0.1) is 0 Å². The predicted molar refractivity (Wildman–Crippen MR) is 113 cm³/mol. The number of imidazole rings is 1. The third-order valence-electron chi connectivity index (χ3n) is 4.81. The highest BCUT2D eigenvalue weighted by molar-refractivity contribution is 6.32. The highest BCUT2D eigenvalue weighted by Crippen LogP contribution is 2.27. The van der Waals surface area contributed by atoms with Crippen molar-refractivity contribution in [2.24, 2.45) is 5.73 Å². The molecule has 2 atom stereocenters. The number of nitriles is 1. The van der Waals surface area contributed by atoms with Gasteiger partial charge in [-0.1, -0.05) is 11.6 Å². The van der Waals surface area contributed by atoms with Gasteiger partial charge in [-0.3, -0.25) is 9.48 Å². The second-order valence-corrected chi connectivity index (χ2v) is 7.46. The van der Waals surface area contributed by atoms with Crippen molar-refractivity contribution in [2.45, 2.75) is 39.5 Å². The first-order chi connectivity index (χ1) is 14.7. The predicted octanol–water partition coefficient (Wildman–Crippen LogP) is 3.87. The minimum atomic E-state index is -0.695. The SMILES string of the molecule is CCOC(C)c1nc(C(N)=O)cn1[C@@H](C)Cn1ccc(-c2cc(F)c(C#N)c(Cl)c2)n1. The van der Waals surface area contributed by atoms with Crippen molar-refractivity contribution < 1.29 is 13.9 Å². The van der Waals surface area contributed by atoms with Crippen LogP contribution in [0.15, 0.2) is 30.6 Å². The van der Waals surface area contributed by atoms with E-state index in [-0.39, 0.29) is 28.4 Å². The molecule has 0 fully saturated rings. The number of hydrogen-bond donors (Lipinski definition) is 1. The van der Waals surface area contributed by atoms with Crippen molar-refractivity contribution in [1.82, 2.24) is 19.3 Å². The summed E-state index contributed by atoms with van der Waals surface area (Å²) in [5.41, 5.74) is 6.36. The van der Waals surface area contributed by atoms with E-state index < -0.39 is 11.7 Å². The third kappa shape index (κ3) is 4.76. The number of hydrogen-bond acceptors (Lipinski definition) is 5. The van der Waals surface area contributed by atoms with Gasteiger partial charge in [0.1, 0.15) is 35.1 Å². The second-order valence-electron chi connectivity index (χ2n) is 7.05. The Balaban J connectivity index is 1.86. The zero-order chi connectivity index (χ0) is 22.7. The van der Waals surface area contributed by atoms with E-state index >= 15 is 0 Å². The number of nitrogens with two attached hydrogens (primary N) is 1. The Morgan fingerprint density at radius 2 is 2.16 bits per heavy atom. The van der Waals surface area contributed by atoms with E-state index in [1.54, 1.807) is 29.2 Å². The summed E-state index contributed by atoms with van der Waals surface area (Å²) in [5.74, 6) is -0.715. The number of benzene rings is 1. The number of halogens is 2. The van der Waals surface area contributed by atoms with Gasteiger partial charge in [0.15, 0.2) is 0 Å². The lowest BCUT2D eigenvalue weighted by atomic mass is 10.1. The van der Waals surface area contributed by atoms with E-state index in [9.17, 15) is 9.18 Å². The monoisotopic (exact) mass is 444 g/mol. The zero-order valence-electron chi connectivity index (χ0n) is 17.3. The van der Waals surface area contributed by atoms with E-state index in [2.05, 4.69) is 10.1 Å². The molecule has 2 N–H and O–H groups in total. The highest BCUT2D eigenvalue weighted by Gasteiger charge is 2.21. The molecule has 0 saturated heterocycles. The van der Waals surface area contributed by atoms with E-state index in [1.165, 1.54) is 12.1 Å². The number of aromatic nitrogens is 4. The maximum absolute atomic E-state index is 14.1. The Morgan fingerprint density at radius 3 is 2.77 bits per heavy atom. The molecule has 2 aromatic heterocycles. The van der Waals surface area contributed by atoms with Crippen LogP contribution in [0.25, 0.3) is 11.3 Å². The Labute approximate surface area is 184 Å². The van der Waals surface area contributed by atoms with Gasteiger partial charge in [0.05, 0.1) is 23.3 Å². The molecule has 3 rings (SSSR count). The quantitative estimate of drug-likeness (QED) is 0.566. The van der Waals surface area contributed by atoms with E-state index in [1.807, 2.05) is 25.3 Å². The van der Waals surface area contributed by atoms with Crippen LogP contribution in [0.4, 0.5) is 4.39 Å².